The number of hydrogen-bond acceptors (Lipinski definition) is 3. The molecule has 0 saturated carbocycles. The topological polar surface area (TPSA) is 112 Å². The van der Waals surface area contributed by atoms with Crippen LogP contribution in [0.15, 0.2) is 12.2 Å². The molecule has 3 atom stereocenters. The first-order valence-corrected chi connectivity index (χ1v) is 15.4. The molecular formula is C31H58NO6+. The van der Waals surface area contributed by atoms with Crippen LogP contribution in [0.5, 0.6) is 0 Å². The molecule has 7 heteroatoms. The zero-order chi connectivity index (χ0) is 28.8. The van der Waals surface area contributed by atoms with Gasteiger partial charge in [-0.05, 0) is 18.9 Å². The van der Waals surface area contributed by atoms with E-state index in [9.17, 15) is 29.7 Å². The average Bonchev–Trinajstić information content (AvgIpc) is 2.86. The van der Waals surface area contributed by atoms with Crippen molar-refractivity contribution < 1.29 is 34.2 Å². The summed E-state index contributed by atoms with van der Waals surface area (Å²) < 4.78 is -0.487. The minimum absolute atomic E-state index is 0.0824. The van der Waals surface area contributed by atoms with Crippen molar-refractivity contribution in [1.29, 1.82) is 0 Å². The molecule has 38 heavy (non-hydrogen) atoms. The molecule has 0 aromatic heterocycles. The van der Waals surface area contributed by atoms with E-state index in [-0.39, 0.29) is 25.8 Å². The predicted molar refractivity (Wildman–Crippen MR) is 154 cm³/mol. The quantitative estimate of drug-likeness (QED) is 0.0586. The lowest BCUT2D eigenvalue weighted by atomic mass is 9.94. The molecule has 7 nitrogen and oxygen atoms in total. The van der Waals surface area contributed by atoms with Gasteiger partial charge in [-0.3, -0.25) is 4.48 Å². The first-order chi connectivity index (χ1) is 18.2. The summed E-state index contributed by atoms with van der Waals surface area (Å²) >= 11 is 0. The minimum atomic E-state index is -1.15. The molecule has 222 valence electrons. The SMILES string of the molecule is CCCCCCCCCCCCCCCC/C=C/C[N+](C(CC)C(=O)O)(C(CC)C(=O)O)C(CC)C(=O)O. The van der Waals surface area contributed by atoms with Crippen LogP contribution in [0.3, 0.4) is 0 Å². The van der Waals surface area contributed by atoms with E-state index in [4.69, 9.17) is 0 Å². The van der Waals surface area contributed by atoms with Gasteiger partial charge in [0.15, 0.2) is 18.1 Å². The summed E-state index contributed by atoms with van der Waals surface area (Å²) in [5.74, 6) is -3.44. The van der Waals surface area contributed by atoms with Crippen LogP contribution in [0.4, 0.5) is 0 Å². The van der Waals surface area contributed by atoms with E-state index in [1.54, 1.807) is 20.8 Å². The van der Waals surface area contributed by atoms with Gasteiger partial charge >= 0.3 is 17.9 Å². The monoisotopic (exact) mass is 540 g/mol. The Morgan fingerprint density at radius 2 is 0.842 bits per heavy atom. The van der Waals surface area contributed by atoms with Gasteiger partial charge in [0.1, 0.15) is 0 Å². The van der Waals surface area contributed by atoms with Crippen molar-refractivity contribution in [3.63, 3.8) is 0 Å². The van der Waals surface area contributed by atoms with Crippen molar-refractivity contribution in [2.45, 2.75) is 161 Å². The molecule has 0 bridgehead atoms. The minimum Gasteiger partial charge on any atom is -0.477 e. The molecule has 0 aliphatic carbocycles. The van der Waals surface area contributed by atoms with Gasteiger partial charge in [0.05, 0.1) is 6.54 Å². The molecule has 3 unspecified atom stereocenters. The number of aliphatic carboxylic acids is 3. The van der Waals surface area contributed by atoms with Crippen molar-refractivity contribution in [3.05, 3.63) is 12.2 Å². The number of quaternary nitrogens is 1. The zero-order valence-electron chi connectivity index (χ0n) is 24.8. The highest BCUT2D eigenvalue weighted by atomic mass is 16.4. The molecular weight excluding hydrogens is 482 g/mol. The van der Waals surface area contributed by atoms with Crippen LogP contribution in [0.1, 0.15) is 143 Å². The lowest BCUT2D eigenvalue weighted by Crippen LogP contribution is -2.72. The second kappa shape index (κ2) is 22.0. The third kappa shape index (κ3) is 12.8. The fourth-order valence-corrected chi connectivity index (χ4v) is 6.03. The number of hydrogen-bond donors (Lipinski definition) is 3. The number of carboxylic acid groups (broad SMARTS) is 3. The van der Waals surface area contributed by atoms with Gasteiger partial charge in [-0.15, -0.1) is 0 Å². The van der Waals surface area contributed by atoms with E-state index in [1.165, 1.54) is 77.0 Å². The second-order valence-electron chi connectivity index (χ2n) is 10.8. The van der Waals surface area contributed by atoms with Crippen LogP contribution in [0.2, 0.25) is 0 Å². The van der Waals surface area contributed by atoms with E-state index in [0.717, 1.165) is 19.3 Å². The normalized spacial score (nSPS) is 15.7. The van der Waals surface area contributed by atoms with Gasteiger partial charge in [0, 0.05) is 19.3 Å². The standard InChI is InChI=1S/C31H57NO6/c1-5-9-10-11-12-13-14-15-16-17-18-19-20-21-22-23-24-25-32(26(6-2)29(33)34,27(7-3)30(35)36)28(8-4)31(37)38/h23-24,26-28H,5-22,25H2,1-4H3,(H2-,33,34,35,36,37,38)/p+1/b24-23+. The van der Waals surface area contributed by atoms with Crippen LogP contribution in [0, 0.1) is 0 Å². The van der Waals surface area contributed by atoms with Gasteiger partial charge in [0.25, 0.3) is 0 Å². The summed E-state index contributed by atoms with van der Waals surface area (Å²) in [6, 6.07) is -3.33. The van der Waals surface area contributed by atoms with E-state index in [0.29, 0.717) is 0 Å². The average molecular weight is 541 g/mol. The molecule has 0 aliphatic rings. The first-order valence-electron chi connectivity index (χ1n) is 15.4. The second-order valence-corrected chi connectivity index (χ2v) is 10.8. The van der Waals surface area contributed by atoms with Gasteiger partial charge in [0.2, 0.25) is 0 Å². The summed E-state index contributed by atoms with van der Waals surface area (Å²) in [6.07, 6.45) is 23.3. The van der Waals surface area contributed by atoms with Crippen LogP contribution < -0.4 is 0 Å². The van der Waals surface area contributed by atoms with Crippen LogP contribution in [-0.2, 0) is 14.4 Å². The Labute approximate surface area is 232 Å². The third-order valence-electron chi connectivity index (χ3n) is 8.07. The van der Waals surface area contributed by atoms with Crippen LogP contribution in [-0.4, -0.2) is 62.4 Å². The maximum atomic E-state index is 12.2. The molecule has 0 saturated heterocycles. The molecule has 0 rings (SSSR count). The highest BCUT2D eigenvalue weighted by Gasteiger charge is 2.55. The Bertz CT molecular complexity index is 622. The highest BCUT2D eigenvalue weighted by molar-refractivity contribution is 5.78. The third-order valence-corrected chi connectivity index (χ3v) is 8.07. The van der Waals surface area contributed by atoms with Crippen molar-refractivity contribution in [3.8, 4) is 0 Å². The van der Waals surface area contributed by atoms with E-state index < -0.39 is 40.5 Å². The fourth-order valence-electron chi connectivity index (χ4n) is 6.03. The molecule has 0 radical (unpaired) electrons. The number of rotatable bonds is 26. The van der Waals surface area contributed by atoms with E-state index >= 15 is 0 Å². The van der Waals surface area contributed by atoms with E-state index in [2.05, 4.69) is 6.92 Å². The Balaban J connectivity index is 4.76. The molecule has 0 fully saturated rings. The number of carbonyl (C=O) groups is 3. The van der Waals surface area contributed by atoms with Crippen molar-refractivity contribution in [2.75, 3.05) is 6.54 Å². The van der Waals surface area contributed by atoms with Crippen molar-refractivity contribution in [1.82, 2.24) is 0 Å². The molecule has 0 spiro atoms. The Kier molecular flexibility index (Phi) is 20.9. The van der Waals surface area contributed by atoms with Gasteiger partial charge < -0.3 is 15.3 Å². The van der Waals surface area contributed by atoms with Gasteiger partial charge in [-0.1, -0.05) is 117 Å². The first kappa shape index (κ1) is 36.1. The van der Waals surface area contributed by atoms with Crippen LogP contribution in [0.25, 0.3) is 0 Å². The number of nitrogens with zero attached hydrogens (tertiary/aromatic N) is 1. The summed E-state index contributed by atoms with van der Waals surface area (Å²) in [4.78, 5) is 36.7. The molecule has 0 aromatic rings. The predicted octanol–water partition coefficient (Wildman–Crippen LogP) is 7.82. The zero-order valence-corrected chi connectivity index (χ0v) is 24.8. The number of unbranched alkanes of at least 4 members (excludes halogenated alkanes) is 14. The van der Waals surface area contributed by atoms with Gasteiger partial charge in [-0.25, -0.2) is 14.4 Å². The summed E-state index contributed by atoms with van der Waals surface area (Å²) in [7, 11) is 0. The van der Waals surface area contributed by atoms with Gasteiger partial charge in [-0.2, -0.15) is 0 Å². The lowest BCUT2D eigenvalue weighted by molar-refractivity contribution is -0.968. The largest absolute Gasteiger partial charge is 0.477 e. The maximum Gasteiger partial charge on any atom is 0.362 e. The Hall–Kier alpha value is -1.89. The molecule has 0 aliphatic heterocycles. The molecule has 0 amide bonds. The highest BCUT2D eigenvalue weighted by Crippen LogP contribution is 2.31. The van der Waals surface area contributed by atoms with Crippen LogP contribution >= 0.6 is 0 Å². The Morgan fingerprint density at radius 1 is 0.526 bits per heavy atom. The molecule has 3 N–H and O–H groups in total. The smallest absolute Gasteiger partial charge is 0.362 e. The summed E-state index contributed by atoms with van der Waals surface area (Å²) in [6.45, 7) is 7.40. The van der Waals surface area contributed by atoms with E-state index in [1.807, 2.05) is 12.2 Å². The van der Waals surface area contributed by atoms with Crippen molar-refractivity contribution in [2.24, 2.45) is 0 Å². The number of carboxylic acids is 3. The Morgan fingerprint density at radius 3 is 1.13 bits per heavy atom. The summed E-state index contributed by atoms with van der Waals surface area (Å²) in [5, 5.41) is 29.9. The maximum absolute atomic E-state index is 12.2. The fraction of sp³-hybridized carbons (Fsp3) is 0.839. The molecule has 0 heterocycles. The number of allylic oxidation sites excluding steroid dienone is 1. The molecule has 0 aromatic carbocycles. The lowest BCUT2D eigenvalue weighted by Gasteiger charge is -2.49. The summed E-state index contributed by atoms with van der Waals surface area (Å²) in [5.41, 5.74) is 0. The van der Waals surface area contributed by atoms with Crippen molar-refractivity contribution >= 4 is 17.9 Å².